The van der Waals surface area contributed by atoms with Gasteiger partial charge in [0.2, 0.25) is 5.91 Å². The van der Waals surface area contributed by atoms with Crippen LogP contribution in [0.5, 0.6) is 0 Å². The molecule has 1 aromatic heterocycles. The highest BCUT2D eigenvalue weighted by Gasteiger charge is 2.24. The van der Waals surface area contributed by atoms with Crippen molar-refractivity contribution < 1.29 is 14.7 Å². The second-order valence-corrected chi connectivity index (χ2v) is 6.36. The zero-order valence-electron chi connectivity index (χ0n) is 11.1. The number of thiophene rings is 1. The summed E-state index contributed by atoms with van der Waals surface area (Å²) in [7, 11) is 0. The van der Waals surface area contributed by atoms with Crippen LogP contribution in [0.3, 0.4) is 0 Å². The number of rotatable bonds is 8. The van der Waals surface area contributed by atoms with Crippen molar-refractivity contribution in [2.45, 2.75) is 32.1 Å². The summed E-state index contributed by atoms with van der Waals surface area (Å²) >= 11 is 3.15. The lowest BCUT2D eigenvalue weighted by molar-refractivity contribution is -0.143. The van der Waals surface area contributed by atoms with Gasteiger partial charge in [0.05, 0.1) is 5.75 Å². The van der Waals surface area contributed by atoms with Gasteiger partial charge in [0, 0.05) is 10.6 Å². The van der Waals surface area contributed by atoms with Crippen LogP contribution in [-0.2, 0) is 15.3 Å². The summed E-state index contributed by atoms with van der Waals surface area (Å²) in [5.41, 5.74) is 0. The summed E-state index contributed by atoms with van der Waals surface area (Å²) in [6.07, 6.45) is 0.722. The number of nitrogens with one attached hydrogen (secondary N) is 1. The molecule has 1 aromatic rings. The van der Waals surface area contributed by atoms with E-state index in [9.17, 15) is 9.59 Å². The lowest BCUT2D eigenvalue weighted by atomic mass is 9.99. The summed E-state index contributed by atoms with van der Waals surface area (Å²) in [6.45, 7) is 3.75. The van der Waals surface area contributed by atoms with E-state index in [4.69, 9.17) is 5.11 Å². The van der Waals surface area contributed by atoms with Gasteiger partial charge in [-0.25, -0.2) is 4.79 Å². The van der Waals surface area contributed by atoms with Crippen LogP contribution < -0.4 is 5.32 Å². The molecule has 4 nitrogen and oxygen atoms in total. The molecule has 0 unspecified atom stereocenters. The van der Waals surface area contributed by atoms with Gasteiger partial charge in [-0.2, -0.15) is 0 Å². The van der Waals surface area contributed by atoms with Gasteiger partial charge in [-0.15, -0.1) is 23.1 Å². The summed E-state index contributed by atoms with van der Waals surface area (Å²) < 4.78 is 0. The lowest BCUT2D eigenvalue weighted by Gasteiger charge is -2.19. The molecule has 0 aliphatic heterocycles. The maximum atomic E-state index is 11.7. The van der Waals surface area contributed by atoms with Crippen LogP contribution in [-0.4, -0.2) is 28.8 Å². The fourth-order valence-corrected chi connectivity index (χ4v) is 3.22. The molecule has 0 saturated heterocycles. The molecule has 6 heteroatoms. The number of carboxylic acids is 1. The molecule has 19 heavy (non-hydrogen) atoms. The van der Waals surface area contributed by atoms with Crippen molar-refractivity contribution in [1.82, 2.24) is 5.32 Å². The maximum Gasteiger partial charge on any atom is 0.326 e. The van der Waals surface area contributed by atoms with Crippen molar-refractivity contribution in [3.05, 3.63) is 22.4 Å². The summed E-state index contributed by atoms with van der Waals surface area (Å²) in [4.78, 5) is 24.0. The largest absolute Gasteiger partial charge is 0.480 e. The Hall–Kier alpha value is -1.01. The molecule has 0 aliphatic carbocycles. The minimum atomic E-state index is -0.967. The molecule has 0 saturated carbocycles. The molecule has 0 bridgehead atoms. The average molecular weight is 301 g/mol. The molecule has 106 valence electrons. The molecule has 1 rings (SSSR count). The first kappa shape index (κ1) is 16.0. The van der Waals surface area contributed by atoms with E-state index in [1.807, 2.05) is 31.4 Å². The molecule has 2 atom stereocenters. The van der Waals surface area contributed by atoms with Crippen LogP contribution in [0.15, 0.2) is 17.5 Å². The number of amides is 1. The van der Waals surface area contributed by atoms with Crippen molar-refractivity contribution in [3.63, 3.8) is 0 Å². The Morgan fingerprint density at radius 2 is 2.26 bits per heavy atom. The van der Waals surface area contributed by atoms with Gasteiger partial charge in [0.1, 0.15) is 6.04 Å². The molecule has 0 aliphatic rings. The smallest absolute Gasteiger partial charge is 0.326 e. The Bertz CT molecular complexity index is 406. The van der Waals surface area contributed by atoms with Crippen molar-refractivity contribution in [3.8, 4) is 0 Å². The van der Waals surface area contributed by atoms with Crippen LogP contribution in [0, 0.1) is 5.92 Å². The normalized spacial score (nSPS) is 13.8. The first-order valence-corrected chi connectivity index (χ1v) is 8.20. The number of carbonyl (C=O) groups is 2. The second kappa shape index (κ2) is 8.22. The third-order valence-corrected chi connectivity index (χ3v) is 4.89. The van der Waals surface area contributed by atoms with Gasteiger partial charge in [0.15, 0.2) is 0 Å². The number of hydrogen-bond donors (Lipinski definition) is 2. The Balaban J connectivity index is 2.34. The fraction of sp³-hybridized carbons (Fsp3) is 0.538. The van der Waals surface area contributed by atoms with E-state index in [2.05, 4.69) is 5.32 Å². The molecule has 0 aromatic carbocycles. The molecular formula is C13H19NO3S2. The molecule has 0 radical (unpaired) electrons. The first-order chi connectivity index (χ1) is 9.04. The van der Waals surface area contributed by atoms with E-state index >= 15 is 0 Å². The van der Waals surface area contributed by atoms with Crippen LogP contribution in [0.1, 0.15) is 25.1 Å². The van der Waals surface area contributed by atoms with Gasteiger partial charge in [-0.3, -0.25) is 4.79 Å². The summed E-state index contributed by atoms with van der Waals surface area (Å²) in [6, 6.07) is 3.21. The fourth-order valence-electron chi connectivity index (χ4n) is 1.54. The number of thioether (sulfide) groups is 1. The summed E-state index contributed by atoms with van der Waals surface area (Å²) in [5, 5.41) is 13.7. The first-order valence-electron chi connectivity index (χ1n) is 6.16. The summed E-state index contributed by atoms with van der Waals surface area (Å²) in [5.74, 6) is -0.173. The second-order valence-electron chi connectivity index (χ2n) is 4.34. The SMILES string of the molecule is CC[C@H](C)[C@H](NC(=O)CSCc1cccs1)C(=O)O. The van der Waals surface area contributed by atoms with E-state index in [0.717, 1.165) is 12.2 Å². The molecule has 0 fully saturated rings. The quantitative estimate of drug-likeness (QED) is 0.774. The topological polar surface area (TPSA) is 66.4 Å². The Morgan fingerprint density at radius 1 is 1.53 bits per heavy atom. The Kier molecular flexibility index (Phi) is 6.94. The molecular weight excluding hydrogens is 282 g/mol. The van der Waals surface area contributed by atoms with E-state index < -0.39 is 12.0 Å². The van der Waals surface area contributed by atoms with Crippen LogP contribution in [0.2, 0.25) is 0 Å². The van der Waals surface area contributed by atoms with Crippen molar-refractivity contribution in [2.75, 3.05) is 5.75 Å². The van der Waals surface area contributed by atoms with Gasteiger partial charge < -0.3 is 10.4 Å². The molecule has 2 N–H and O–H groups in total. The van der Waals surface area contributed by atoms with Gasteiger partial charge in [-0.05, 0) is 17.4 Å². The minimum Gasteiger partial charge on any atom is -0.480 e. The van der Waals surface area contributed by atoms with Crippen LogP contribution in [0.4, 0.5) is 0 Å². The van der Waals surface area contributed by atoms with Gasteiger partial charge in [-0.1, -0.05) is 26.3 Å². The highest BCUT2D eigenvalue weighted by molar-refractivity contribution is 7.99. The van der Waals surface area contributed by atoms with E-state index in [1.165, 1.54) is 16.6 Å². The highest BCUT2D eigenvalue weighted by Crippen LogP contribution is 2.17. The maximum absolute atomic E-state index is 11.7. The van der Waals surface area contributed by atoms with Gasteiger partial charge >= 0.3 is 5.97 Å². The van der Waals surface area contributed by atoms with Crippen molar-refractivity contribution >= 4 is 35.0 Å². The molecule has 1 amide bonds. The predicted octanol–water partition coefficient (Wildman–Crippen LogP) is 2.60. The number of hydrogen-bond acceptors (Lipinski definition) is 4. The van der Waals surface area contributed by atoms with Crippen molar-refractivity contribution in [1.29, 1.82) is 0 Å². The average Bonchev–Trinajstić information content (AvgIpc) is 2.87. The van der Waals surface area contributed by atoms with Gasteiger partial charge in [0.25, 0.3) is 0 Å². The third kappa shape index (κ3) is 5.65. The monoisotopic (exact) mass is 301 g/mol. The van der Waals surface area contributed by atoms with Crippen molar-refractivity contribution in [2.24, 2.45) is 5.92 Å². The third-order valence-electron chi connectivity index (χ3n) is 2.85. The zero-order chi connectivity index (χ0) is 14.3. The number of carboxylic acid groups (broad SMARTS) is 1. The highest BCUT2D eigenvalue weighted by atomic mass is 32.2. The van der Waals surface area contributed by atoms with Crippen LogP contribution >= 0.6 is 23.1 Å². The van der Waals surface area contributed by atoms with E-state index in [0.29, 0.717) is 0 Å². The Morgan fingerprint density at radius 3 is 2.79 bits per heavy atom. The predicted molar refractivity (Wildman–Crippen MR) is 79.5 cm³/mol. The molecule has 1 heterocycles. The van der Waals surface area contributed by atoms with E-state index in [-0.39, 0.29) is 17.6 Å². The lowest BCUT2D eigenvalue weighted by Crippen LogP contribution is -2.45. The standard InChI is InChI=1S/C13H19NO3S2/c1-3-9(2)12(13(16)17)14-11(15)8-18-7-10-5-4-6-19-10/h4-6,9,12H,3,7-8H2,1-2H3,(H,14,15)(H,16,17)/t9-,12-/m0/s1. The number of aliphatic carboxylic acids is 1. The zero-order valence-corrected chi connectivity index (χ0v) is 12.7. The Labute approximate surface area is 121 Å². The minimum absolute atomic E-state index is 0.0660. The van der Waals surface area contributed by atoms with Crippen LogP contribution in [0.25, 0.3) is 0 Å². The van der Waals surface area contributed by atoms with E-state index in [1.54, 1.807) is 11.3 Å². The molecule has 0 spiro atoms. The number of carbonyl (C=O) groups excluding carboxylic acids is 1.